The third kappa shape index (κ3) is 6.40. The van der Waals surface area contributed by atoms with Crippen LogP contribution in [-0.4, -0.2) is 68.3 Å². The van der Waals surface area contributed by atoms with Crippen molar-refractivity contribution in [3.63, 3.8) is 0 Å². The molecule has 1 amide bonds. The minimum absolute atomic E-state index is 0. The van der Waals surface area contributed by atoms with Gasteiger partial charge in [-0.25, -0.2) is 12.7 Å². The summed E-state index contributed by atoms with van der Waals surface area (Å²) in [5.74, 6) is -1.38. The van der Waals surface area contributed by atoms with E-state index in [1.54, 1.807) is 7.05 Å². The number of nitrogens with one attached hydrogen (secondary N) is 1. The summed E-state index contributed by atoms with van der Waals surface area (Å²) in [6.45, 7) is 1.75. The molecule has 0 fully saturated rings. The number of carbonyl (C=O) groups is 2. The molecule has 1 atom stereocenters. The van der Waals surface area contributed by atoms with Crippen molar-refractivity contribution < 1.29 is 23.1 Å². The Labute approximate surface area is 164 Å². The van der Waals surface area contributed by atoms with Crippen LogP contribution in [0.5, 0.6) is 0 Å². The van der Waals surface area contributed by atoms with E-state index >= 15 is 0 Å². The normalized spacial score (nSPS) is 12.6. The number of amides is 1. The summed E-state index contributed by atoms with van der Waals surface area (Å²) in [6.07, 6.45) is 0.0368. The molecule has 11 heteroatoms. The minimum Gasteiger partial charge on any atom is -0.480 e. The molecule has 1 aromatic carbocycles. The number of carboxylic acids is 1. The first-order chi connectivity index (χ1) is 11.5. The molecule has 0 saturated carbocycles. The second-order valence-electron chi connectivity index (χ2n) is 5.72. The van der Waals surface area contributed by atoms with E-state index in [0.29, 0.717) is 0 Å². The molecule has 148 valence electrons. The van der Waals surface area contributed by atoms with Crippen LogP contribution in [0.15, 0.2) is 23.1 Å². The molecule has 8 nitrogen and oxygen atoms in total. The van der Waals surface area contributed by atoms with Crippen molar-refractivity contribution >= 4 is 51.6 Å². The van der Waals surface area contributed by atoms with Crippen LogP contribution in [0.25, 0.3) is 0 Å². The summed E-state index contributed by atoms with van der Waals surface area (Å²) in [5, 5.41) is 11.7. The van der Waals surface area contributed by atoms with Gasteiger partial charge in [0.2, 0.25) is 15.9 Å². The van der Waals surface area contributed by atoms with Gasteiger partial charge in [0.05, 0.1) is 15.6 Å². The van der Waals surface area contributed by atoms with Crippen molar-refractivity contribution in [1.29, 1.82) is 0 Å². The summed E-state index contributed by atoms with van der Waals surface area (Å²) >= 11 is 6.01. The van der Waals surface area contributed by atoms with Crippen LogP contribution in [0.3, 0.4) is 0 Å². The van der Waals surface area contributed by atoms with Crippen molar-refractivity contribution in [2.45, 2.75) is 24.3 Å². The van der Waals surface area contributed by atoms with Crippen molar-refractivity contribution in [1.82, 2.24) is 9.21 Å². The van der Waals surface area contributed by atoms with Crippen LogP contribution in [0.4, 0.5) is 5.69 Å². The van der Waals surface area contributed by atoms with E-state index in [2.05, 4.69) is 5.32 Å². The van der Waals surface area contributed by atoms with E-state index in [9.17, 15) is 18.0 Å². The van der Waals surface area contributed by atoms with Gasteiger partial charge >= 0.3 is 5.97 Å². The molecule has 0 aliphatic heterocycles. The third-order valence-corrected chi connectivity index (χ3v) is 5.84. The van der Waals surface area contributed by atoms with Gasteiger partial charge in [0, 0.05) is 27.1 Å². The third-order valence-electron chi connectivity index (χ3n) is 3.70. The molecule has 0 spiro atoms. The number of carbonyl (C=O) groups excluding carboxylic acids is 1. The Bertz CT molecular complexity index is 756. The molecule has 2 N–H and O–H groups in total. The summed E-state index contributed by atoms with van der Waals surface area (Å²) in [6, 6.07) is 3.32. The van der Waals surface area contributed by atoms with Gasteiger partial charge in [-0.15, -0.1) is 12.4 Å². The van der Waals surface area contributed by atoms with Crippen LogP contribution in [0.2, 0.25) is 5.02 Å². The molecule has 0 heterocycles. The molecule has 1 aromatic rings. The van der Waals surface area contributed by atoms with Gasteiger partial charge in [-0.1, -0.05) is 11.6 Å². The summed E-state index contributed by atoms with van der Waals surface area (Å²) in [7, 11) is 0.761. The van der Waals surface area contributed by atoms with E-state index < -0.39 is 27.9 Å². The van der Waals surface area contributed by atoms with E-state index in [1.165, 1.54) is 44.1 Å². The Hall–Kier alpha value is -1.39. The number of sulfonamides is 1. The maximum atomic E-state index is 12.1. The van der Waals surface area contributed by atoms with Crippen LogP contribution in [0, 0.1) is 0 Å². The second-order valence-corrected chi connectivity index (χ2v) is 8.28. The molecule has 0 aliphatic rings. The molecule has 26 heavy (non-hydrogen) atoms. The highest BCUT2D eigenvalue weighted by Crippen LogP contribution is 2.26. The molecule has 0 saturated heterocycles. The SMILES string of the molecule is CC(C(=O)O)N(C)CCC(=O)Nc1cc(S(=O)(=O)N(C)C)ccc1Cl.Cl. The second kappa shape index (κ2) is 10.1. The number of aliphatic carboxylic acids is 1. The predicted molar refractivity (Wildman–Crippen MR) is 103 cm³/mol. The maximum absolute atomic E-state index is 12.1. The summed E-state index contributed by atoms with van der Waals surface area (Å²) in [5.41, 5.74) is 0.184. The highest BCUT2D eigenvalue weighted by Gasteiger charge is 2.20. The standard InChI is InChI=1S/C15H22ClN3O5S.ClH/c1-10(15(21)22)19(4)8-7-14(20)17-13-9-11(5-6-12(13)16)25(23,24)18(2)3;/h5-6,9-10H,7-8H2,1-4H3,(H,17,20)(H,21,22);1H. The van der Waals surface area contributed by atoms with Crippen LogP contribution in [0.1, 0.15) is 13.3 Å². The van der Waals surface area contributed by atoms with Gasteiger partial charge in [-0.3, -0.25) is 14.5 Å². The summed E-state index contributed by atoms with van der Waals surface area (Å²) in [4.78, 5) is 24.5. The Kier molecular flexibility index (Phi) is 9.54. The zero-order valence-electron chi connectivity index (χ0n) is 14.9. The number of likely N-dealkylation sites (N-methyl/N-ethyl adjacent to an activating group) is 1. The largest absolute Gasteiger partial charge is 0.480 e. The number of nitrogens with zero attached hydrogens (tertiary/aromatic N) is 2. The van der Waals surface area contributed by atoms with Gasteiger partial charge in [0.25, 0.3) is 0 Å². The average Bonchev–Trinajstić information content (AvgIpc) is 2.53. The molecular weight excluding hydrogens is 405 g/mol. The molecule has 1 unspecified atom stereocenters. The van der Waals surface area contributed by atoms with E-state index in [1.807, 2.05) is 0 Å². The Morgan fingerprint density at radius 3 is 2.35 bits per heavy atom. The number of anilines is 1. The molecule has 0 radical (unpaired) electrons. The Morgan fingerprint density at radius 1 is 1.27 bits per heavy atom. The number of halogens is 2. The van der Waals surface area contributed by atoms with Gasteiger partial charge < -0.3 is 10.4 Å². The number of rotatable bonds is 8. The van der Waals surface area contributed by atoms with E-state index in [-0.39, 0.29) is 41.0 Å². The minimum atomic E-state index is -3.65. The lowest BCUT2D eigenvalue weighted by Crippen LogP contribution is -2.37. The lowest BCUT2D eigenvalue weighted by molar-refractivity contribution is -0.142. The highest BCUT2D eigenvalue weighted by molar-refractivity contribution is 7.89. The first-order valence-electron chi connectivity index (χ1n) is 7.41. The lowest BCUT2D eigenvalue weighted by Gasteiger charge is -2.20. The first-order valence-corrected chi connectivity index (χ1v) is 9.23. The van der Waals surface area contributed by atoms with Gasteiger partial charge in [0.15, 0.2) is 0 Å². The first kappa shape index (κ1) is 24.6. The van der Waals surface area contributed by atoms with Crippen LogP contribution in [-0.2, 0) is 19.6 Å². The van der Waals surface area contributed by atoms with Crippen molar-refractivity contribution in [3.8, 4) is 0 Å². The number of hydrogen-bond acceptors (Lipinski definition) is 5. The average molecular weight is 428 g/mol. The highest BCUT2D eigenvalue weighted by atomic mass is 35.5. The smallest absolute Gasteiger partial charge is 0.320 e. The fraction of sp³-hybridized carbons (Fsp3) is 0.467. The van der Waals surface area contributed by atoms with Crippen LogP contribution >= 0.6 is 24.0 Å². The quantitative estimate of drug-likeness (QED) is 0.654. The van der Waals surface area contributed by atoms with E-state index in [4.69, 9.17) is 16.7 Å². The molecule has 0 aromatic heterocycles. The van der Waals surface area contributed by atoms with Crippen molar-refractivity contribution in [3.05, 3.63) is 23.2 Å². The maximum Gasteiger partial charge on any atom is 0.320 e. The molecule has 0 bridgehead atoms. The zero-order chi connectivity index (χ0) is 19.4. The van der Waals surface area contributed by atoms with Gasteiger partial charge in [-0.2, -0.15) is 0 Å². The Morgan fingerprint density at radius 2 is 1.85 bits per heavy atom. The number of benzene rings is 1. The Balaban J connectivity index is 0.00000625. The number of carboxylic acid groups (broad SMARTS) is 1. The lowest BCUT2D eigenvalue weighted by atomic mass is 10.2. The monoisotopic (exact) mass is 427 g/mol. The number of hydrogen-bond donors (Lipinski definition) is 2. The molecular formula is C15H23Cl2N3O5S. The zero-order valence-corrected chi connectivity index (χ0v) is 17.3. The fourth-order valence-corrected chi connectivity index (χ4v) is 2.94. The van der Waals surface area contributed by atoms with Crippen molar-refractivity contribution in [2.24, 2.45) is 0 Å². The van der Waals surface area contributed by atoms with Gasteiger partial charge in [-0.05, 0) is 32.2 Å². The molecule has 0 aliphatic carbocycles. The van der Waals surface area contributed by atoms with Crippen LogP contribution < -0.4 is 5.32 Å². The van der Waals surface area contributed by atoms with Gasteiger partial charge in [0.1, 0.15) is 6.04 Å². The van der Waals surface area contributed by atoms with Crippen molar-refractivity contribution in [2.75, 3.05) is 33.0 Å². The molecule has 1 rings (SSSR count). The van der Waals surface area contributed by atoms with E-state index in [0.717, 1.165) is 4.31 Å². The fourth-order valence-electron chi connectivity index (χ4n) is 1.84. The topological polar surface area (TPSA) is 107 Å². The summed E-state index contributed by atoms with van der Waals surface area (Å²) < 4.78 is 25.3. The predicted octanol–water partition coefficient (Wildman–Crippen LogP) is 1.75.